The molecule has 0 bridgehead atoms. The average Bonchev–Trinajstić information content (AvgIpc) is 3.63. The molecule has 2 aliphatic heterocycles. The predicted octanol–water partition coefficient (Wildman–Crippen LogP) is 4.22. The minimum atomic E-state index is -0.559. The summed E-state index contributed by atoms with van der Waals surface area (Å²) >= 11 is 0. The van der Waals surface area contributed by atoms with Gasteiger partial charge in [0.05, 0.1) is 23.8 Å². The van der Waals surface area contributed by atoms with Crippen LogP contribution >= 0.6 is 0 Å². The molecule has 1 saturated heterocycles. The van der Waals surface area contributed by atoms with Gasteiger partial charge in [-0.1, -0.05) is 62.9 Å². The molecule has 1 fully saturated rings. The Hall–Kier alpha value is -3.78. The van der Waals surface area contributed by atoms with Gasteiger partial charge in [0.2, 0.25) is 5.91 Å². The first kappa shape index (κ1) is 30.8. The van der Waals surface area contributed by atoms with Gasteiger partial charge < -0.3 is 24.5 Å². The maximum absolute atomic E-state index is 13.1. The summed E-state index contributed by atoms with van der Waals surface area (Å²) in [6.45, 7) is 13.4. The van der Waals surface area contributed by atoms with Crippen LogP contribution in [0.3, 0.4) is 0 Å². The highest BCUT2D eigenvalue weighted by atomic mass is 16.2. The molecular weight excluding hydrogens is 502 g/mol. The number of allylic oxidation sites excluding steroid dienone is 1. The van der Waals surface area contributed by atoms with Gasteiger partial charge in [-0.15, -0.1) is 0 Å². The van der Waals surface area contributed by atoms with Crippen molar-refractivity contribution in [2.45, 2.75) is 59.2 Å². The molecule has 1 aromatic heterocycles. The average molecular weight is 546 g/mol. The quantitative estimate of drug-likeness (QED) is 0.477. The lowest BCUT2D eigenvalue weighted by atomic mass is 10.0. The fourth-order valence-electron chi connectivity index (χ4n) is 5.52. The van der Waals surface area contributed by atoms with Crippen molar-refractivity contribution in [3.05, 3.63) is 77.8 Å². The highest BCUT2D eigenvalue weighted by Crippen LogP contribution is 2.29. The van der Waals surface area contributed by atoms with Crippen LogP contribution in [0.2, 0.25) is 0 Å². The van der Waals surface area contributed by atoms with Gasteiger partial charge in [-0.2, -0.15) is 0 Å². The fourth-order valence-corrected chi connectivity index (χ4v) is 5.52. The third kappa shape index (κ3) is 6.67. The van der Waals surface area contributed by atoms with Gasteiger partial charge in [0.1, 0.15) is 12.3 Å². The lowest BCUT2D eigenvalue weighted by Gasteiger charge is -2.34. The number of rotatable bonds is 9. The van der Waals surface area contributed by atoms with Crippen molar-refractivity contribution in [2.75, 3.05) is 20.1 Å². The summed E-state index contributed by atoms with van der Waals surface area (Å²) < 4.78 is 2.06. The Bertz CT molecular complexity index is 1250. The predicted molar refractivity (Wildman–Crippen MR) is 159 cm³/mol. The maximum atomic E-state index is 13.1. The number of nitrogens with one attached hydrogen (secondary N) is 1. The van der Waals surface area contributed by atoms with Crippen molar-refractivity contribution in [2.24, 2.45) is 13.0 Å². The van der Waals surface area contributed by atoms with Crippen LogP contribution in [-0.4, -0.2) is 69.7 Å². The van der Waals surface area contributed by atoms with E-state index >= 15 is 0 Å². The Morgan fingerprint density at radius 2 is 1.95 bits per heavy atom. The molecule has 3 heterocycles. The Morgan fingerprint density at radius 1 is 1.25 bits per heavy atom. The lowest BCUT2D eigenvalue weighted by molar-refractivity contribution is -0.146. The monoisotopic (exact) mass is 545 g/mol. The molecule has 2 amide bonds. The smallest absolute Gasteiger partial charge is 0.255 e. The second-order valence-corrected chi connectivity index (χ2v) is 10.7. The first-order valence-corrected chi connectivity index (χ1v) is 13.9. The van der Waals surface area contributed by atoms with Crippen molar-refractivity contribution in [1.82, 2.24) is 24.7 Å². The summed E-state index contributed by atoms with van der Waals surface area (Å²) in [4.78, 5) is 44.6. The molecule has 2 aliphatic rings. The molecule has 0 aliphatic carbocycles. The number of carbonyl (C=O) groups is 3. The van der Waals surface area contributed by atoms with E-state index in [9.17, 15) is 14.4 Å². The van der Waals surface area contributed by atoms with Gasteiger partial charge in [-0.05, 0) is 50.8 Å². The number of benzene rings is 1. The summed E-state index contributed by atoms with van der Waals surface area (Å²) in [7, 11) is 3.98. The van der Waals surface area contributed by atoms with E-state index in [1.165, 1.54) is 16.8 Å². The SMILES string of the molecule is C=CC1=C(/C=C\C)CN(C(C(=O)N2CCCC2C=O)C(C)C)C1=O.CNCc1ccc(-c2c(C)ncn2C)cc1. The number of aryl methyl sites for hydroxylation is 2. The van der Waals surface area contributed by atoms with Crippen LogP contribution in [0, 0.1) is 12.8 Å². The van der Waals surface area contributed by atoms with E-state index in [0.29, 0.717) is 25.1 Å². The molecule has 8 heteroatoms. The largest absolute Gasteiger partial charge is 0.334 e. The van der Waals surface area contributed by atoms with E-state index in [4.69, 9.17) is 0 Å². The first-order valence-electron chi connectivity index (χ1n) is 13.9. The normalized spacial score (nSPS) is 18.0. The van der Waals surface area contributed by atoms with Gasteiger partial charge in [0, 0.05) is 37.8 Å². The van der Waals surface area contributed by atoms with Gasteiger partial charge in [0.15, 0.2) is 0 Å². The summed E-state index contributed by atoms with van der Waals surface area (Å²) in [6, 6.07) is 7.68. The number of likely N-dealkylation sites (tertiary alicyclic amines) is 1. The van der Waals surface area contributed by atoms with E-state index in [2.05, 4.69) is 45.7 Å². The van der Waals surface area contributed by atoms with Crippen molar-refractivity contribution < 1.29 is 14.4 Å². The van der Waals surface area contributed by atoms with Crippen molar-refractivity contribution in [3.8, 4) is 11.3 Å². The first-order chi connectivity index (χ1) is 19.2. The van der Waals surface area contributed by atoms with Gasteiger partial charge in [0.25, 0.3) is 5.91 Å². The highest BCUT2D eigenvalue weighted by Gasteiger charge is 2.42. The molecule has 0 radical (unpaired) electrons. The van der Waals surface area contributed by atoms with Crippen LogP contribution in [0.25, 0.3) is 11.3 Å². The summed E-state index contributed by atoms with van der Waals surface area (Å²) in [5.41, 5.74) is 6.22. The molecule has 0 saturated carbocycles. The summed E-state index contributed by atoms with van der Waals surface area (Å²) in [5.74, 6) is -0.324. The molecule has 4 rings (SSSR count). The fraction of sp³-hybridized carbons (Fsp3) is 0.438. The van der Waals surface area contributed by atoms with Gasteiger partial charge >= 0.3 is 0 Å². The zero-order valence-corrected chi connectivity index (χ0v) is 24.7. The minimum absolute atomic E-state index is 0.0367. The lowest BCUT2D eigenvalue weighted by Crippen LogP contribution is -2.53. The number of carbonyl (C=O) groups excluding carboxylic acids is 3. The van der Waals surface area contributed by atoms with Crippen molar-refractivity contribution >= 4 is 18.1 Å². The van der Waals surface area contributed by atoms with E-state index < -0.39 is 6.04 Å². The number of imidazole rings is 1. The zero-order chi connectivity index (χ0) is 29.4. The Labute approximate surface area is 238 Å². The third-order valence-corrected chi connectivity index (χ3v) is 7.44. The van der Waals surface area contributed by atoms with Crippen LogP contribution in [0.15, 0.2) is 66.5 Å². The second kappa shape index (κ2) is 14.0. The zero-order valence-electron chi connectivity index (χ0n) is 24.7. The van der Waals surface area contributed by atoms with E-state index in [-0.39, 0.29) is 23.8 Å². The van der Waals surface area contributed by atoms with Crippen LogP contribution < -0.4 is 5.32 Å². The number of amides is 2. The Balaban J connectivity index is 0.000000238. The third-order valence-electron chi connectivity index (χ3n) is 7.44. The van der Waals surface area contributed by atoms with E-state index in [1.807, 2.05) is 60.3 Å². The van der Waals surface area contributed by atoms with Gasteiger partial charge in [-0.3, -0.25) is 9.59 Å². The van der Waals surface area contributed by atoms with E-state index in [0.717, 1.165) is 30.5 Å². The second-order valence-electron chi connectivity index (χ2n) is 10.7. The topological polar surface area (TPSA) is 87.5 Å². The van der Waals surface area contributed by atoms with Gasteiger partial charge in [-0.25, -0.2) is 4.98 Å². The minimum Gasteiger partial charge on any atom is -0.334 e. The van der Waals surface area contributed by atoms with Crippen LogP contribution in [0.5, 0.6) is 0 Å². The molecule has 0 spiro atoms. The number of hydrogen-bond acceptors (Lipinski definition) is 5. The Morgan fingerprint density at radius 3 is 2.48 bits per heavy atom. The number of nitrogens with zero attached hydrogens (tertiary/aromatic N) is 4. The molecule has 2 aromatic rings. The molecule has 214 valence electrons. The summed E-state index contributed by atoms with van der Waals surface area (Å²) in [6.07, 6.45) is 9.55. The summed E-state index contributed by atoms with van der Waals surface area (Å²) in [5, 5.41) is 3.14. The number of aldehydes is 1. The van der Waals surface area contributed by atoms with Crippen LogP contribution in [0.4, 0.5) is 0 Å². The maximum Gasteiger partial charge on any atom is 0.255 e. The van der Waals surface area contributed by atoms with Crippen LogP contribution in [0.1, 0.15) is 44.9 Å². The highest BCUT2D eigenvalue weighted by molar-refractivity contribution is 6.03. The molecular formula is C32H43N5O3. The molecule has 2 atom stereocenters. The molecule has 2 unspecified atom stereocenters. The number of hydrogen-bond donors (Lipinski definition) is 1. The molecule has 1 N–H and O–H groups in total. The Kier molecular flexibility index (Phi) is 10.8. The standard InChI is InChI=1S/C19H26N2O3.C13H17N3/c1-5-8-14-11-21(18(23)16(14)6-2)17(13(3)4)19(24)20-10-7-9-15(20)12-22;1-10-13(16(3)9-15-10)12-6-4-11(5-7-12)8-14-2/h5-6,8,12-13,15,17H,2,7,9-11H2,1,3-4H3;4-7,9,14H,8H2,1-3H3/b8-5-;. The van der Waals surface area contributed by atoms with Crippen molar-refractivity contribution in [1.29, 1.82) is 0 Å². The van der Waals surface area contributed by atoms with Crippen LogP contribution in [-0.2, 0) is 28.0 Å². The molecule has 1 aromatic carbocycles. The van der Waals surface area contributed by atoms with Crippen molar-refractivity contribution in [3.63, 3.8) is 0 Å². The van der Waals surface area contributed by atoms with E-state index in [1.54, 1.807) is 15.9 Å². The molecule has 8 nitrogen and oxygen atoms in total. The molecule has 40 heavy (non-hydrogen) atoms. The number of aromatic nitrogens is 2.